The molecule has 2 unspecified atom stereocenters. The summed E-state index contributed by atoms with van der Waals surface area (Å²) in [5.74, 6) is -0.475. The Morgan fingerprint density at radius 3 is 2.59 bits per heavy atom. The highest BCUT2D eigenvalue weighted by Gasteiger charge is 2.42. The van der Waals surface area contributed by atoms with Crippen molar-refractivity contribution in [3.8, 4) is 0 Å². The largest absolute Gasteiger partial charge is 0.354 e. The van der Waals surface area contributed by atoms with Gasteiger partial charge in [0.2, 0.25) is 5.91 Å². The second-order valence-corrected chi connectivity index (χ2v) is 8.69. The van der Waals surface area contributed by atoms with Gasteiger partial charge in [0, 0.05) is 17.3 Å². The first-order valence-electron chi connectivity index (χ1n) is 9.35. The van der Waals surface area contributed by atoms with E-state index in [0.29, 0.717) is 17.3 Å². The van der Waals surface area contributed by atoms with Gasteiger partial charge in [-0.2, -0.15) is 0 Å². The lowest BCUT2D eigenvalue weighted by Crippen LogP contribution is -2.48. The molecule has 2 amide bonds. The molecule has 1 aliphatic heterocycles. The molecule has 1 N–H and O–H groups in total. The SMILES string of the molecule is CCCCNC(=O)C1CSC(c2ccc(F)cc2)N1C(=O)c1ccc(Cl)cc1Cl. The summed E-state index contributed by atoms with van der Waals surface area (Å²) in [4.78, 5) is 27.7. The lowest BCUT2D eigenvalue weighted by atomic mass is 10.1. The summed E-state index contributed by atoms with van der Waals surface area (Å²) in [6, 6.07) is 9.97. The van der Waals surface area contributed by atoms with Crippen molar-refractivity contribution in [1.82, 2.24) is 10.2 Å². The van der Waals surface area contributed by atoms with Gasteiger partial charge < -0.3 is 10.2 Å². The number of carbonyl (C=O) groups excluding carboxylic acids is 2. The lowest BCUT2D eigenvalue weighted by Gasteiger charge is -2.29. The molecule has 2 aromatic carbocycles. The number of hydrogen-bond donors (Lipinski definition) is 1. The number of rotatable bonds is 6. The summed E-state index contributed by atoms with van der Waals surface area (Å²) >= 11 is 13.7. The minimum absolute atomic E-state index is 0.200. The van der Waals surface area contributed by atoms with Crippen molar-refractivity contribution in [2.24, 2.45) is 0 Å². The summed E-state index contributed by atoms with van der Waals surface area (Å²) < 4.78 is 13.4. The first-order chi connectivity index (χ1) is 13.9. The summed E-state index contributed by atoms with van der Waals surface area (Å²) in [6.45, 7) is 2.60. The smallest absolute Gasteiger partial charge is 0.257 e. The average molecular weight is 455 g/mol. The fourth-order valence-electron chi connectivity index (χ4n) is 3.15. The minimum Gasteiger partial charge on any atom is -0.354 e. The van der Waals surface area contributed by atoms with E-state index in [9.17, 15) is 14.0 Å². The van der Waals surface area contributed by atoms with Crippen molar-refractivity contribution in [1.29, 1.82) is 0 Å². The molecule has 29 heavy (non-hydrogen) atoms. The fourth-order valence-corrected chi connectivity index (χ4v) is 5.07. The van der Waals surface area contributed by atoms with Crippen molar-refractivity contribution in [2.75, 3.05) is 12.3 Å². The Morgan fingerprint density at radius 1 is 1.21 bits per heavy atom. The van der Waals surface area contributed by atoms with E-state index < -0.39 is 11.4 Å². The quantitative estimate of drug-likeness (QED) is 0.601. The van der Waals surface area contributed by atoms with Gasteiger partial charge in [0.15, 0.2) is 0 Å². The van der Waals surface area contributed by atoms with Crippen molar-refractivity contribution in [2.45, 2.75) is 31.2 Å². The highest BCUT2D eigenvalue weighted by molar-refractivity contribution is 7.99. The number of carbonyl (C=O) groups is 2. The number of halogens is 3. The van der Waals surface area contributed by atoms with Crippen LogP contribution < -0.4 is 5.32 Å². The topological polar surface area (TPSA) is 49.4 Å². The first-order valence-corrected chi connectivity index (χ1v) is 11.1. The molecular weight excluding hydrogens is 434 g/mol. The third kappa shape index (κ3) is 5.05. The van der Waals surface area contributed by atoms with Crippen molar-refractivity contribution in [3.63, 3.8) is 0 Å². The number of unbranched alkanes of at least 4 members (excludes halogenated alkanes) is 1. The van der Waals surface area contributed by atoms with E-state index in [1.165, 1.54) is 34.9 Å². The van der Waals surface area contributed by atoms with E-state index in [0.717, 1.165) is 18.4 Å². The predicted octanol–water partition coefficient (Wildman–Crippen LogP) is 5.31. The van der Waals surface area contributed by atoms with Crippen LogP contribution in [0.5, 0.6) is 0 Å². The van der Waals surface area contributed by atoms with Crippen LogP contribution in [-0.4, -0.2) is 35.1 Å². The molecule has 1 heterocycles. The van der Waals surface area contributed by atoms with E-state index in [1.807, 2.05) is 6.92 Å². The molecule has 0 aromatic heterocycles. The number of benzene rings is 2. The van der Waals surface area contributed by atoms with Gasteiger partial charge in [-0.3, -0.25) is 9.59 Å². The van der Waals surface area contributed by atoms with Gasteiger partial charge in [0.05, 0.1) is 10.6 Å². The predicted molar refractivity (Wildman–Crippen MR) is 116 cm³/mol. The van der Waals surface area contributed by atoms with Gasteiger partial charge in [-0.05, 0) is 42.3 Å². The van der Waals surface area contributed by atoms with Crippen LogP contribution >= 0.6 is 35.0 Å². The molecule has 1 saturated heterocycles. The van der Waals surface area contributed by atoms with Gasteiger partial charge >= 0.3 is 0 Å². The molecule has 0 spiro atoms. The zero-order chi connectivity index (χ0) is 21.0. The van der Waals surface area contributed by atoms with Gasteiger partial charge in [-0.1, -0.05) is 48.7 Å². The molecule has 0 saturated carbocycles. The van der Waals surface area contributed by atoms with E-state index in [-0.39, 0.29) is 28.2 Å². The van der Waals surface area contributed by atoms with Gasteiger partial charge in [0.1, 0.15) is 17.2 Å². The third-order valence-corrected chi connectivity index (χ3v) is 6.55. The van der Waals surface area contributed by atoms with Crippen LogP contribution in [0.2, 0.25) is 10.0 Å². The van der Waals surface area contributed by atoms with Crippen LogP contribution in [0.1, 0.15) is 41.1 Å². The second-order valence-electron chi connectivity index (χ2n) is 6.73. The Labute approximate surface area is 183 Å². The van der Waals surface area contributed by atoms with Crippen LogP contribution in [0.25, 0.3) is 0 Å². The molecular formula is C21H21Cl2FN2O2S. The number of nitrogens with zero attached hydrogens (tertiary/aromatic N) is 1. The molecule has 0 bridgehead atoms. The molecule has 1 aliphatic rings. The number of nitrogens with one attached hydrogen (secondary N) is 1. The summed E-state index contributed by atoms with van der Waals surface area (Å²) in [5, 5.41) is 3.13. The molecule has 1 fully saturated rings. The van der Waals surface area contributed by atoms with Gasteiger partial charge in [-0.15, -0.1) is 11.8 Å². The van der Waals surface area contributed by atoms with Crippen molar-refractivity contribution >= 4 is 46.8 Å². The summed E-state index contributed by atoms with van der Waals surface area (Å²) in [7, 11) is 0. The maximum Gasteiger partial charge on any atom is 0.257 e. The monoisotopic (exact) mass is 454 g/mol. The minimum atomic E-state index is -0.647. The van der Waals surface area contributed by atoms with E-state index in [2.05, 4.69) is 5.32 Å². The van der Waals surface area contributed by atoms with Crippen LogP contribution in [0.4, 0.5) is 4.39 Å². The average Bonchev–Trinajstić information content (AvgIpc) is 3.13. The standard InChI is InChI=1S/C21H21Cl2FN2O2S/c1-2-3-10-25-19(27)18-12-29-21(13-4-7-15(24)8-5-13)26(18)20(28)16-9-6-14(22)11-17(16)23/h4-9,11,18,21H,2-3,10,12H2,1H3,(H,25,27). The molecule has 2 aromatic rings. The Balaban J connectivity index is 1.93. The van der Waals surface area contributed by atoms with Gasteiger partial charge in [0.25, 0.3) is 5.91 Å². The molecule has 8 heteroatoms. The first kappa shape index (κ1) is 21.9. The highest BCUT2D eigenvalue weighted by Crippen LogP contribution is 2.43. The molecule has 0 radical (unpaired) electrons. The van der Waals surface area contributed by atoms with E-state index in [1.54, 1.807) is 24.3 Å². The Kier molecular flexibility index (Phi) is 7.44. The van der Waals surface area contributed by atoms with Crippen LogP contribution in [0, 0.1) is 5.82 Å². The van der Waals surface area contributed by atoms with Crippen LogP contribution in [-0.2, 0) is 4.79 Å². The van der Waals surface area contributed by atoms with Crippen molar-refractivity contribution in [3.05, 3.63) is 69.5 Å². The third-order valence-electron chi connectivity index (χ3n) is 4.68. The van der Waals surface area contributed by atoms with E-state index >= 15 is 0 Å². The summed E-state index contributed by atoms with van der Waals surface area (Å²) in [6.07, 6.45) is 1.82. The molecule has 3 rings (SSSR count). The maximum absolute atomic E-state index is 13.4. The Morgan fingerprint density at radius 2 is 1.93 bits per heavy atom. The summed E-state index contributed by atoms with van der Waals surface area (Å²) in [5.41, 5.74) is 1.02. The molecule has 2 atom stereocenters. The van der Waals surface area contributed by atoms with Crippen LogP contribution in [0.15, 0.2) is 42.5 Å². The Bertz CT molecular complexity index is 895. The number of hydrogen-bond acceptors (Lipinski definition) is 3. The normalized spacial score (nSPS) is 18.7. The second kappa shape index (κ2) is 9.83. The molecule has 4 nitrogen and oxygen atoms in total. The van der Waals surface area contributed by atoms with Crippen LogP contribution in [0.3, 0.4) is 0 Å². The lowest BCUT2D eigenvalue weighted by molar-refractivity contribution is -0.124. The number of thioether (sulfide) groups is 1. The molecule has 154 valence electrons. The molecule has 0 aliphatic carbocycles. The zero-order valence-electron chi connectivity index (χ0n) is 15.8. The fraction of sp³-hybridized carbons (Fsp3) is 0.333. The van der Waals surface area contributed by atoms with Crippen molar-refractivity contribution < 1.29 is 14.0 Å². The maximum atomic E-state index is 13.4. The van der Waals surface area contributed by atoms with Gasteiger partial charge in [-0.25, -0.2) is 4.39 Å². The zero-order valence-corrected chi connectivity index (χ0v) is 18.2. The Hall–Kier alpha value is -1.76. The van der Waals surface area contributed by atoms with E-state index in [4.69, 9.17) is 23.2 Å². The number of amides is 2. The highest BCUT2D eigenvalue weighted by atomic mass is 35.5.